The molecule has 1 N–H and O–H groups in total. The van der Waals surface area contributed by atoms with Gasteiger partial charge in [0, 0.05) is 29.1 Å². The van der Waals surface area contributed by atoms with Gasteiger partial charge < -0.3 is 10.0 Å². The summed E-state index contributed by atoms with van der Waals surface area (Å²) in [6.07, 6.45) is 0.480. The number of carboxylic acid groups (broad SMARTS) is 1. The van der Waals surface area contributed by atoms with Crippen LogP contribution in [0.25, 0.3) is 10.6 Å². The van der Waals surface area contributed by atoms with E-state index < -0.39 is 5.97 Å². The van der Waals surface area contributed by atoms with E-state index in [0.717, 1.165) is 10.6 Å². The Morgan fingerprint density at radius 3 is 2.88 bits per heavy atom. The predicted octanol–water partition coefficient (Wildman–Crippen LogP) is 3.65. The van der Waals surface area contributed by atoms with Crippen LogP contribution in [0.5, 0.6) is 0 Å². The third-order valence-electron chi connectivity index (χ3n) is 4.30. The molecule has 2 heterocycles. The Balaban J connectivity index is 1.74. The van der Waals surface area contributed by atoms with Crippen LogP contribution < -0.4 is 0 Å². The molecule has 2 atom stereocenters. The highest BCUT2D eigenvalue weighted by Gasteiger charge is 2.33. The Bertz CT molecular complexity index is 777. The van der Waals surface area contributed by atoms with Gasteiger partial charge in [-0.1, -0.05) is 30.7 Å². The van der Waals surface area contributed by atoms with Crippen LogP contribution in [-0.2, 0) is 4.79 Å². The van der Waals surface area contributed by atoms with Crippen LogP contribution in [-0.4, -0.2) is 40.0 Å². The van der Waals surface area contributed by atoms with E-state index in [1.54, 1.807) is 16.3 Å². The number of amides is 1. The zero-order valence-electron chi connectivity index (χ0n) is 13.1. The van der Waals surface area contributed by atoms with Crippen molar-refractivity contribution in [2.45, 2.75) is 13.3 Å². The van der Waals surface area contributed by atoms with Crippen molar-refractivity contribution in [3.05, 3.63) is 40.4 Å². The average Bonchev–Trinajstić information content (AvgIpc) is 3.03. The van der Waals surface area contributed by atoms with E-state index in [1.807, 2.05) is 25.1 Å². The summed E-state index contributed by atoms with van der Waals surface area (Å²) in [4.78, 5) is 29.9. The lowest BCUT2D eigenvalue weighted by atomic mass is 9.87. The second kappa shape index (κ2) is 6.91. The molecule has 5 nitrogen and oxygen atoms in total. The lowest BCUT2D eigenvalue weighted by Crippen LogP contribution is -2.45. The van der Waals surface area contributed by atoms with Crippen molar-refractivity contribution in [3.8, 4) is 10.6 Å². The van der Waals surface area contributed by atoms with Gasteiger partial charge in [-0.25, -0.2) is 4.98 Å². The largest absolute Gasteiger partial charge is 0.481 e. The number of thiazole rings is 1. The molecule has 2 aromatic rings. The molecule has 2 unspecified atom stereocenters. The van der Waals surface area contributed by atoms with Crippen LogP contribution in [0.3, 0.4) is 0 Å². The number of carbonyl (C=O) groups is 2. The molecule has 1 aliphatic heterocycles. The highest BCUT2D eigenvalue weighted by atomic mass is 35.5. The van der Waals surface area contributed by atoms with Crippen LogP contribution in [0.4, 0.5) is 0 Å². The topological polar surface area (TPSA) is 70.5 Å². The normalized spacial score (nSPS) is 20.8. The maximum Gasteiger partial charge on any atom is 0.306 e. The standard InChI is InChI=1S/C17H17ClN2O3S/c1-10-8-20(6-5-13(10)17(22)23)16(21)14-9-24-15(19-14)11-3-2-4-12(18)7-11/h2-4,7,9-10,13H,5-6,8H2,1H3,(H,22,23). The number of carboxylic acids is 1. The Morgan fingerprint density at radius 1 is 1.42 bits per heavy atom. The number of likely N-dealkylation sites (tertiary alicyclic amines) is 1. The second-order valence-electron chi connectivity index (χ2n) is 6.01. The van der Waals surface area contributed by atoms with Gasteiger partial charge in [0.25, 0.3) is 5.91 Å². The fourth-order valence-corrected chi connectivity index (χ4v) is 3.97. The number of aliphatic carboxylic acids is 1. The minimum atomic E-state index is -0.786. The molecule has 3 rings (SSSR count). The Morgan fingerprint density at radius 2 is 2.21 bits per heavy atom. The molecule has 1 amide bonds. The van der Waals surface area contributed by atoms with Crippen LogP contribution >= 0.6 is 22.9 Å². The van der Waals surface area contributed by atoms with E-state index in [2.05, 4.69) is 4.98 Å². The molecule has 7 heteroatoms. The average molecular weight is 365 g/mol. The highest BCUT2D eigenvalue weighted by Crippen LogP contribution is 2.28. The zero-order chi connectivity index (χ0) is 17.3. The number of carbonyl (C=O) groups excluding carboxylic acids is 1. The summed E-state index contributed by atoms with van der Waals surface area (Å²) in [5, 5.41) is 12.3. The van der Waals surface area contributed by atoms with Gasteiger partial charge in [-0.3, -0.25) is 9.59 Å². The van der Waals surface area contributed by atoms with Gasteiger partial charge in [-0.05, 0) is 24.5 Å². The smallest absolute Gasteiger partial charge is 0.306 e. The Hall–Kier alpha value is -1.92. The molecule has 1 aromatic heterocycles. The maximum absolute atomic E-state index is 12.6. The van der Waals surface area contributed by atoms with Crippen molar-refractivity contribution in [1.29, 1.82) is 0 Å². The first-order valence-electron chi connectivity index (χ1n) is 7.69. The SMILES string of the molecule is CC1CN(C(=O)c2csc(-c3cccc(Cl)c3)n2)CCC1C(=O)O. The van der Waals surface area contributed by atoms with Crippen molar-refractivity contribution in [1.82, 2.24) is 9.88 Å². The number of nitrogens with zero attached hydrogens (tertiary/aromatic N) is 2. The quantitative estimate of drug-likeness (QED) is 0.902. The molecular formula is C17H17ClN2O3S. The van der Waals surface area contributed by atoms with Crippen LogP contribution in [0.2, 0.25) is 5.02 Å². The molecule has 126 valence electrons. The highest BCUT2D eigenvalue weighted by molar-refractivity contribution is 7.13. The van der Waals surface area contributed by atoms with Crippen molar-refractivity contribution in [2.75, 3.05) is 13.1 Å². The second-order valence-corrected chi connectivity index (χ2v) is 7.30. The molecule has 1 aromatic carbocycles. The minimum Gasteiger partial charge on any atom is -0.481 e. The number of halogens is 1. The Kier molecular flexibility index (Phi) is 4.87. The molecule has 0 bridgehead atoms. The monoisotopic (exact) mass is 364 g/mol. The summed E-state index contributed by atoms with van der Waals surface area (Å²) in [6.45, 7) is 2.76. The van der Waals surface area contributed by atoms with Crippen LogP contribution in [0.15, 0.2) is 29.6 Å². The maximum atomic E-state index is 12.6. The van der Waals surface area contributed by atoms with Crippen LogP contribution in [0.1, 0.15) is 23.8 Å². The predicted molar refractivity (Wildman–Crippen MR) is 93.4 cm³/mol. The van der Waals surface area contributed by atoms with E-state index in [-0.39, 0.29) is 17.7 Å². The number of hydrogen-bond acceptors (Lipinski definition) is 4. The summed E-state index contributed by atoms with van der Waals surface area (Å²) < 4.78 is 0. The zero-order valence-corrected chi connectivity index (χ0v) is 14.7. The molecule has 0 spiro atoms. The van der Waals surface area contributed by atoms with Gasteiger partial charge in [0.2, 0.25) is 0 Å². The first-order chi connectivity index (χ1) is 11.5. The summed E-state index contributed by atoms with van der Waals surface area (Å²) in [6, 6.07) is 7.35. The van der Waals surface area contributed by atoms with Gasteiger partial charge in [0.05, 0.1) is 5.92 Å². The third kappa shape index (κ3) is 3.44. The van der Waals surface area contributed by atoms with Gasteiger partial charge in [0.15, 0.2) is 0 Å². The Labute approximate surface area is 148 Å². The first kappa shape index (κ1) is 16.9. The van der Waals surface area contributed by atoms with Gasteiger partial charge in [0.1, 0.15) is 10.7 Å². The molecule has 1 saturated heterocycles. The lowest BCUT2D eigenvalue weighted by Gasteiger charge is -2.34. The van der Waals surface area contributed by atoms with Gasteiger partial charge in [-0.15, -0.1) is 11.3 Å². The summed E-state index contributed by atoms with van der Waals surface area (Å²) in [5.41, 5.74) is 1.28. The molecule has 1 aliphatic rings. The molecular weight excluding hydrogens is 348 g/mol. The van der Waals surface area contributed by atoms with Crippen molar-refractivity contribution in [3.63, 3.8) is 0 Å². The lowest BCUT2D eigenvalue weighted by molar-refractivity contribution is -0.145. The molecule has 1 fully saturated rings. The van der Waals surface area contributed by atoms with E-state index in [4.69, 9.17) is 11.6 Å². The summed E-state index contributed by atoms with van der Waals surface area (Å²) in [7, 11) is 0. The molecule has 24 heavy (non-hydrogen) atoms. The molecule has 0 radical (unpaired) electrons. The molecule has 0 saturated carbocycles. The van der Waals surface area contributed by atoms with Gasteiger partial charge in [-0.2, -0.15) is 0 Å². The van der Waals surface area contributed by atoms with Crippen molar-refractivity contribution >= 4 is 34.8 Å². The fourth-order valence-electron chi connectivity index (χ4n) is 2.98. The summed E-state index contributed by atoms with van der Waals surface area (Å²) in [5.74, 6) is -1.38. The number of piperidine rings is 1. The van der Waals surface area contributed by atoms with E-state index in [0.29, 0.717) is 30.2 Å². The van der Waals surface area contributed by atoms with E-state index >= 15 is 0 Å². The first-order valence-corrected chi connectivity index (χ1v) is 8.95. The van der Waals surface area contributed by atoms with E-state index in [1.165, 1.54) is 11.3 Å². The van der Waals surface area contributed by atoms with Crippen molar-refractivity contribution in [2.24, 2.45) is 11.8 Å². The van der Waals surface area contributed by atoms with Crippen LogP contribution in [0, 0.1) is 11.8 Å². The van der Waals surface area contributed by atoms with E-state index in [9.17, 15) is 14.7 Å². The van der Waals surface area contributed by atoms with Crippen molar-refractivity contribution < 1.29 is 14.7 Å². The summed E-state index contributed by atoms with van der Waals surface area (Å²) >= 11 is 7.39. The number of benzene rings is 1. The fraction of sp³-hybridized carbons (Fsp3) is 0.353. The third-order valence-corrected chi connectivity index (χ3v) is 5.43. The molecule has 0 aliphatic carbocycles. The van der Waals surface area contributed by atoms with Gasteiger partial charge >= 0.3 is 5.97 Å². The number of hydrogen-bond donors (Lipinski definition) is 1. The number of rotatable bonds is 3. The number of aromatic nitrogens is 1. The minimum absolute atomic E-state index is 0.0637.